The Hall–Kier alpha value is -0.570. The van der Waals surface area contributed by atoms with E-state index in [1.165, 1.54) is 0 Å². The Balaban J connectivity index is 2.53. The molecule has 1 N–H and O–H groups in total. The van der Waals surface area contributed by atoms with Crippen LogP contribution in [0.15, 0.2) is 0 Å². The van der Waals surface area contributed by atoms with Crippen LogP contribution in [0.3, 0.4) is 0 Å². The second-order valence-corrected chi connectivity index (χ2v) is 4.18. The minimum Gasteiger partial charge on any atom is -0.353 e. The fourth-order valence-corrected chi connectivity index (χ4v) is 2.01. The number of carbonyl (C=O) groups excluding carboxylic acids is 1. The van der Waals surface area contributed by atoms with Crippen molar-refractivity contribution in [2.75, 3.05) is 13.6 Å². The summed E-state index contributed by atoms with van der Waals surface area (Å²) in [4.78, 5) is 13.3. The van der Waals surface area contributed by atoms with Crippen LogP contribution in [-0.2, 0) is 4.79 Å². The molecule has 0 bridgehead atoms. The first-order valence-corrected chi connectivity index (χ1v) is 4.99. The highest BCUT2D eigenvalue weighted by molar-refractivity contribution is 5.73. The van der Waals surface area contributed by atoms with E-state index in [2.05, 4.69) is 31.1 Å². The Morgan fingerprint density at radius 1 is 1.46 bits per heavy atom. The summed E-state index contributed by atoms with van der Waals surface area (Å²) >= 11 is 0. The molecular weight excluding hydrogens is 164 g/mol. The van der Waals surface area contributed by atoms with Crippen LogP contribution in [-0.4, -0.2) is 36.5 Å². The Labute approximate surface area is 80.5 Å². The zero-order valence-corrected chi connectivity index (χ0v) is 9.00. The van der Waals surface area contributed by atoms with Gasteiger partial charge in [-0.2, -0.15) is 0 Å². The summed E-state index contributed by atoms with van der Waals surface area (Å²) in [5.41, 5.74) is 0. The van der Waals surface area contributed by atoms with Crippen molar-refractivity contribution in [3.05, 3.63) is 0 Å². The lowest BCUT2D eigenvalue weighted by molar-refractivity contribution is -0.120. The second kappa shape index (κ2) is 4.09. The molecule has 0 aromatic rings. The summed E-state index contributed by atoms with van der Waals surface area (Å²) in [6, 6.07) is 0.925. The Kier molecular flexibility index (Phi) is 3.31. The van der Waals surface area contributed by atoms with Gasteiger partial charge in [0.2, 0.25) is 5.91 Å². The van der Waals surface area contributed by atoms with E-state index in [0.717, 1.165) is 13.0 Å². The lowest BCUT2D eigenvalue weighted by Crippen LogP contribution is -2.52. The van der Waals surface area contributed by atoms with Gasteiger partial charge in [0.25, 0.3) is 0 Å². The van der Waals surface area contributed by atoms with Gasteiger partial charge in [-0.1, -0.05) is 6.92 Å². The SMILES string of the molecule is CC(=O)NC1CCN(C)C(C)C1C. The molecule has 13 heavy (non-hydrogen) atoms. The maximum Gasteiger partial charge on any atom is 0.217 e. The van der Waals surface area contributed by atoms with E-state index >= 15 is 0 Å². The first-order chi connectivity index (χ1) is 6.02. The topological polar surface area (TPSA) is 32.3 Å². The third-order valence-electron chi connectivity index (χ3n) is 3.27. The van der Waals surface area contributed by atoms with Gasteiger partial charge in [-0.05, 0) is 26.3 Å². The monoisotopic (exact) mass is 184 g/mol. The van der Waals surface area contributed by atoms with E-state index in [0.29, 0.717) is 18.0 Å². The molecule has 3 heteroatoms. The summed E-state index contributed by atoms with van der Waals surface area (Å²) in [7, 11) is 2.14. The molecule has 3 unspecified atom stereocenters. The molecule has 0 saturated carbocycles. The molecule has 1 aliphatic rings. The van der Waals surface area contributed by atoms with Gasteiger partial charge < -0.3 is 10.2 Å². The fraction of sp³-hybridized carbons (Fsp3) is 0.900. The molecule has 0 aromatic carbocycles. The second-order valence-electron chi connectivity index (χ2n) is 4.18. The van der Waals surface area contributed by atoms with Crippen molar-refractivity contribution in [2.45, 2.75) is 39.3 Å². The molecule has 0 aliphatic carbocycles. The lowest BCUT2D eigenvalue weighted by atomic mass is 9.87. The smallest absolute Gasteiger partial charge is 0.217 e. The Morgan fingerprint density at radius 3 is 2.62 bits per heavy atom. The van der Waals surface area contributed by atoms with Crippen molar-refractivity contribution < 1.29 is 4.79 Å². The minimum atomic E-state index is 0.0913. The van der Waals surface area contributed by atoms with Crippen LogP contribution in [0.2, 0.25) is 0 Å². The first-order valence-electron chi connectivity index (χ1n) is 4.99. The summed E-state index contributed by atoms with van der Waals surface area (Å²) in [6.45, 7) is 7.10. The van der Waals surface area contributed by atoms with Crippen LogP contribution in [0.5, 0.6) is 0 Å². The van der Waals surface area contributed by atoms with E-state index in [1.54, 1.807) is 6.92 Å². The Bertz CT molecular complexity index is 193. The molecule has 1 rings (SSSR count). The lowest BCUT2D eigenvalue weighted by Gasteiger charge is -2.40. The normalized spacial score (nSPS) is 35.8. The van der Waals surface area contributed by atoms with Crippen LogP contribution in [0.25, 0.3) is 0 Å². The van der Waals surface area contributed by atoms with Crippen LogP contribution in [0.1, 0.15) is 27.2 Å². The fourth-order valence-electron chi connectivity index (χ4n) is 2.01. The van der Waals surface area contributed by atoms with Crippen LogP contribution in [0, 0.1) is 5.92 Å². The average molecular weight is 184 g/mol. The highest BCUT2D eigenvalue weighted by atomic mass is 16.1. The predicted molar refractivity (Wildman–Crippen MR) is 53.5 cm³/mol. The van der Waals surface area contributed by atoms with E-state index in [1.807, 2.05) is 0 Å². The highest BCUT2D eigenvalue weighted by Gasteiger charge is 2.30. The van der Waals surface area contributed by atoms with E-state index in [4.69, 9.17) is 0 Å². The van der Waals surface area contributed by atoms with Crippen LogP contribution >= 0.6 is 0 Å². The zero-order valence-electron chi connectivity index (χ0n) is 9.00. The van der Waals surface area contributed by atoms with Crippen molar-refractivity contribution in [3.63, 3.8) is 0 Å². The molecule has 1 heterocycles. The van der Waals surface area contributed by atoms with Gasteiger partial charge in [-0.25, -0.2) is 0 Å². The maximum absolute atomic E-state index is 10.9. The third kappa shape index (κ3) is 2.44. The third-order valence-corrected chi connectivity index (χ3v) is 3.27. The molecule has 3 atom stereocenters. The van der Waals surface area contributed by atoms with Crippen LogP contribution < -0.4 is 5.32 Å². The van der Waals surface area contributed by atoms with Gasteiger partial charge in [-0.15, -0.1) is 0 Å². The number of carbonyl (C=O) groups is 1. The molecular formula is C10H20N2O. The minimum absolute atomic E-state index is 0.0913. The molecule has 0 aromatic heterocycles. The van der Waals surface area contributed by atoms with Gasteiger partial charge in [0, 0.05) is 25.6 Å². The number of likely N-dealkylation sites (tertiary alicyclic amines) is 1. The number of amides is 1. The number of hydrogen-bond acceptors (Lipinski definition) is 2. The molecule has 1 saturated heterocycles. The summed E-state index contributed by atoms with van der Waals surface area (Å²) in [5.74, 6) is 0.635. The standard InChI is InChI=1S/C10H20N2O/c1-7-8(2)12(4)6-5-10(7)11-9(3)13/h7-8,10H,5-6H2,1-4H3,(H,11,13). The van der Waals surface area contributed by atoms with E-state index in [-0.39, 0.29) is 5.91 Å². The van der Waals surface area contributed by atoms with E-state index < -0.39 is 0 Å². The molecule has 1 fully saturated rings. The molecule has 76 valence electrons. The molecule has 1 aliphatic heterocycles. The van der Waals surface area contributed by atoms with Gasteiger partial charge >= 0.3 is 0 Å². The van der Waals surface area contributed by atoms with Crippen molar-refractivity contribution >= 4 is 5.91 Å². The molecule has 0 spiro atoms. The van der Waals surface area contributed by atoms with Gasteiger partial charge in [0.15, 0.2) is 0 Å². The average Bonchev–Trinajstić information content (AvgIpc) is 2.06. The van der Waals surface area contributed by atoms with Gasteiger partial charge in [0.1, 0.15) is 0 Å². The predicted octanol–water partition coefficient (Wildman–Crippen LogP) is 0.851. The number of piperidine rings is 1. The largest absolute Gasteiger partial charge is 0.353 e. The molecule has 1 amide bonds. The summed E-state index contributed by atoms with van der Waals surface area (Å²) in [6.07, 6.45) is 1.07. The first kappa shape index (κ1) is 10.5. The van der Waals surface area contributed by atoms with Crippen molar-refractivity contribution in [3.8, 4) is 0 Å². The summed E-state index contributed by atoms with van der Waals surface area (Å²) < 4.78 is 0. The van der Waals surface area contributed by atoms with Crippen LogP contribution in [0.4, 0.5) is 0 Å². The van der Waals surface area contributed by atoms with Crippen molar-refractivity contribution in [1.29, 1.82) is 0 Å². The van der Waals surface area contributed by atoms with Crippen molar-refractivity contribution in [1.82, 2.24) is 10.2 Å². The highest BCUT2D eigenvalue weighted by Crippen LogP contribution is 2.21. The number of nitrogens with one attached hydrogen (secondary N) is 1. The molecule has 0 radical (unpaired) electrons. The number of nitrogens with zero attached hydrogens (tertiary/aromatic N) is 1. The zero-order chi connectivity index (χ0) is 10.0. The quantitative estimate of drug-likeness (QED) is 0.655. The van der Waals surface area contributed by atoms with Gasteiger partial charge in [0.05, 0.1) is 0 Å². The Morgan fingerprint density at radius 2 is 2.08 bits per heavy atom. The maximum atomic E-state index is 10.9. The number of hydrogen-bond donors (Lipinski definition) is 1. The number of rotatable bonds is 1. The summed E-state index contributed by atoms with van der Waals surface area (Å²) in [5, 5.41) is 3.02. The van der Waals surface area contributed by atoms with Gasteiger partial charge in [-0.3, -0.25) is 4.79 Å². The van der Waals surface area contributed by atoms with E-state index in [9.17, 15) is 4.79 Å². The van der Waals surface area contributed by atoms with Crippen molar-refractivity contribution in [2.24, 2.45) is 5.92 Å². The molecule has 3 nitrogen and oxygen atoms in total.